The SMILES string of the molecule is CC(CCCC(=O)N1CCCC1)N(C)C1CC(OC(F)(F)F)C1.O=CN1CCCC12CC2.c1ccccc1. The predicted octanol–water partition coefficient (Wildman–Crippen LogP) is 5.62. The quantitative estimate of drug-likeness (QED) is 0.402. The Morgan fingerprint density at radius 2 is 1.61 bits per heavy atom. The first-order valence-corrected chi connectivity index (χ1v) is 14.1. The van der Waals surface area contributed by atoms with Crippen LogP contribution in [0.1, 0.15) is 77.6 Å². The Hall–Kier alpha value is -2.13. The fourth-order valence-electron chi connectivity index (χ4n) is 5.58. The number of rotatable bonds is 8. The van der Waals surface area contributed by atoms with E-state index in [0.29, 0.717) is 24.8 Å². The van der Waals surface area contributed by atoms with Gasteiger partial charge in [-0.3, -0.25) is 14.3 Å². The lowest BCUT2D eigenvalue weighted by atomic mass is 9.87. The van der Waals surface area contributed by atoms with Crippen LogP contribution in [0.15, 0.2) is 36.4 Å². The van der Waals surface area contributed by atoms with E-state index >= 15 is 0 Å². The molecule has 1 atom stereocenters. The number of carbonyl (C=O) groups is 2. The van der Waals surface area contributed by atoms with Crippen LogP contribution in [0.3, 0.4) is 0 Å². The lowest BCUT2D eigenvalue weighted by Gasteiger charge is -2.43. The number of alkyl halides is 3. The summed E-state index contributed by atoms with van der Waals surface area (Å²) in [5.41, 5.74) is 0.377. The molecule has 0 N–H and O–H groups in total. The first-order valence-electron chi connectivity index (χ1n) is 14.1. The fraction of sp³-hybridized carbons (Fsp3) is 0.724. The number of carbonyl (C=O) groups excluding carboxylic acids is 2. The molecular formula is C29H44F3N3O3. The van der Waals surface area contributed by atoms with E-state index in [9.17, 15) is 22.8 Å². The van der Waals surface area contributed by atoms with Gasteiger partial charge < -0.3 is 14.7 Å². The Kier molecular flexibility index (Phi) is 11.5. The molecule has 1 unspecified atom stereocenters. The molecule has 2 saturated carbocycles. The Morgan fingerprint density at radius 1 is 1.03 bits per heavy atom. The van der Waals surface area contributed by atoms with Crippen LogP contribution in [0.4, 0.5) is 13.2 Å². The van der Waals surface area contributed by atoms with Gasteiger partial charge in [0.25, 0.3) is 0 Å². The summed E-state index contributed by atoms with van der Waals surface area (Å²) in [5.74, 6) is 0.236. The van der Waals surface area contributed by atoms with E-state index in [1.54, 1.807) is 0 Å². The van der Waals surface area contributed by atoms with E-state index < -0.39 is 12.5 Å². The predicted molar refractivity (Wildman–Crippen MR) is 141 cm³/mol. The van der Waals surface area contributed by atoms with Gasteiger partial charge in [-0.1, -0.05) is 36.4 Å². The van der Waals surface area contributed by atoms with Crippen molar-refractivity contribution in [3.63, 3.8) is 0 Å². The third kappa shape index (κ3) is 9.56. The minimum atomic E-state index is -4.53. The Bertz CT molecular complexity index is 812. The molecule has 5 rings (SSSR count). The van der Waals surface area contributed by atoms with Gasteiger partial charge in [0.2, 0.25) is 12.3 Å². The topological polar surface area (TPSA) is 53.1 Å². The molecule has 1 aromatic carbocycles. The molecule has 4 aliphatic rings. The molecule has 0 aromatic heterocycles. The lowest BCUT2D eigenvalue weighted by molar-refractivity contribution is -0.354. The average Bonchev–Trinajstić information content (AvgIpc) is 3.27. The van der Waals surface area contributed by atoms with Crippen LogP contribution in [0.25, 0.3) is 0 Å². The van der Waals surface area contributed by atoms with Gasteiger partial charge in [-0.15, -0.1) is 13.2 Å². The normalized spacial score (nSPS) is 24.2. The van der Waals surface area contributed by atoms with Crippen molar-refractivity contribution in [1.29, 1.82) is 0 Å². The first kappa shape index (κ1) is 30.4. The molecule has 6 nitrogen and oxygen atoms in total. The van der Waals surface area contributed by atoms with Crippen molar-refractivity contribution in [2.75, 3.05) is 26.7 Å². The molecule has 4 fully saturated rings. The summed E-state index contributed by atoms with van der Waals surface area (Å²) in [7, 11) is 1.95. The molecule has 1 spiro atoms. The van der Waals surface area contributed by atoms with Crippen LogP contribution < -0.4 is 0 Å². The standard InChI is InChI=1S/C16H27F3N2O2.C7H11NO.C6H6/c1-12(6-5-7-15(22)21-8-3-4-9-21)20(2)13-10-14(11-13)23-16(17,18)19;9-6-8-5-1-2-7(8)3-4-7;1-2-4-6-5-3-1/h12-14H,3-11H2,1-2H3;6H,1-5H2;1-6H. The zero-order chi connectivity index (χ0) is 27.6. The van der Waals surface area contributed by atoms with Crippen molar-refractivity contribution in [3.8, 4) is 0 Å². The monoisotopic (exact) mass is 539 g/mol. The summed E-state index contributed by atoms with van der Waals surface area (Å²) in [6, 6.07) is 12.4. The molecule has 0 radical (unpaired) electrons. The number of likely N-dealkylation sites (tertiary alicyclic amines) is 2. The van der Waals surface area contributed by atoms with Crippen LogP contribution in [0.5, 0.6) is 0 Å². The van der Waals surface area contributed by atoms with E-state index in [1.807, 2.05) is 53.2 Å². The summed E-state index contributed by atoms with van der Waals surface area (Å²) in [6.45, 7) is 4.84. The minimum Gasteiger partial charge on any atom is -0.343 e. The maximum atomic E-state index is 12.1. The molecule has 2 heterocycles. The Labute approximate surface area is 225 Å². The van der Waals surface area contributed by atoms with Gasteiger partial charge in [-0.05, 0) is 78.2 Å². The third-order valence-electron chi connectivity index (χ3n) is 8.38. The summed E-state index contributed by atoms with van der Waals surface area (Å²) in [6.07, 6.45) is 6.11. The molecule has 0 bridgehead atoms. The summed E-state index contributed by atoms with van der Waals surface area (Å²) >= 11 is 0. The van der Waals surface area contributed by atoms with E-state index in [2.05, 4.69) is 16.6 Å². The van der Waals surface area contributed by atoms with Gasteiger partial charge in [0.1, 0.15) is 0 Å². The number of hydrogen-bond donors (Lipinski definition) is 0. The first-order chi connectivity index (χ1) is 18.1. The van der Waals surface area contributed by atoms with Crippen LogP contribution >= 0.6 is 0 Å². The van der Waals surface area contributed by atoms with Crippen LogP contribution in [-0.2, 0) is 14.3 Å². The van der Waals surface area contributed by atoms with Crippen LogP contribution in [0.2, 0.25) is 0 Å². The molecule has 2 aliphatic heterocycles. The highest BCUT2D eigenvalue weighted by molar-refractivity contribution is 5.76. The Morgan fingerprint density at radius 3 is 2.08 bits per heavy atom. The van der Waals surface area contributed by atoms with E-state index in [0.717, 1.165) is 51.7 Å². The summed E-state index contributed by atoms with van der Waals surface area (Å²) in [5, 5.41) is 0. The number of benzene rings is 1. The second-order valence-corrected chi connectivity index (χ2v) is 11.1. The fourth-order valence-corrected chi connectivity index (χ4v) is 5.58. The van der Waals surface area contributed by atoms with Gasteiger partial charge >= 0.3 is 6.36 Å². The molecule has 2 aliphatic carbocycles. The second kappa shape index (κ2) is 14.3. The summed E-state index contributed by atoms with van der Waals surface area (Å²) < 4.78 is 40.4. The van der Waals surface area contributed by atoms with Gasteiger partial charge in [0, 0.05) is 43.7 Å². The molecule has 9 heteroatoms. The molecular weight excluding hydrogens is 495 g/mol. The number of nitrogens with zero attached hydrogens (tertiary/aromatic N) is 3. The zero-order valence-electron chi connectivity index (χ0n) is 22.9. The molecule has 38 heavy (non-hydrogen) atoms. The van der Waals surface area contributed by atoms with Gasteiger partial charge in [0.05, 0.1) is 6.10 Å². The summed E-state index contributed by atoms with van der Waals surface area (Å²) in [4.78, 5) is 28.4. The lowest BCUT2D eigenvalue weighted by Crippen LogP contribution is -2.50. The molecule has 214 valence electrons. The number of amides is 2. The van der Waals surface area contributed by atoms with Crippen LogP contribution in [0, 0.1) is 0 Å². The smallest absolute Gasteiger partial charge is 0.343 e. The maximum absolute atomic E-state index is 12.1. The van der Waals surface area contributed by atoms with Gasteiger partial charge in [-0.25, -0.2) is 0 Å². The molecule has 1 aromatic rings. The number of hydrogen-bond acceptors (Lipinski definition) is 4. The van der Waals surface area contributed by atoms with E-state index in [1.165, 1.54) is 25.7 Å². The van der Waals surface area contributed by atoms with Crippen molar-refractivity contribution in [3.05, 3.63) is 36.4 Å². The highest BCUT2D eigenvalue weighted by atomic mass is 19.4. The molecule has 2 amide bonds. The highest BCUT2D eigenvalue weighted by Crippen LogP contribution is 2.48. The van der Waals surface area contributed by atoms with Crippen molar-refractivity contribution in [2.24, 2.45) is 0 Å². The van der Waals surface area contributed by atoms with Gasteiger partial charge in [0.15, 0.2) is 0 Å². The van der Waals surface area contributed by atoms with Crippen molar-refractivity contribution < 1.29 is 27.5 Å². The maximum Gasteiger partial charge on any atom is 0.522 e. The van der Waals surface area contributed by atoms with E-state index in [4.69, 9.17) is 0 Å². The second-order valence-electron chi connectivity index (χ2n) is 11.1. The largest absolute Gasteiger partial charge is 0.522 e. The van der Waals surface area contributed by atoms with Crippen molar-refractivity contribution >= 4 is 12.3 Å². The van der Waals surface area contributed by atoms with Gasteiger partial charge in [-0.2, -0.15) is 0 Å². The highest BCUT2D eigenvalue weighted by Gasteiger charge is 2.50. The zero-order valence-corrected chi connectivity index (χ0v) is 22.9. The number of ether oxygens (including phenoxy) is 1. The van der Waals surface area contributed by atoms with Crippen molar-refractivity contribution in [2.45, 2.75) is 108 Å². The van der Waals surface area contributed by atoms with Crippen molar-refractivity contribution in [1.82, 2.24) is 14.7 Å². The average molecular weight is 540 g/mol. The van der Waals surface area contributed by atoms with E-state index in [-0.39, 0.29) is 18.0 Å². The Balaban J connectivity index is 0.000000213. The molecule has 2 saturated heterocycles. The number of halogens is 3. The third-order valence-corrected chi connectivity index (χ3v) is 8.38. The van der Waals surface area contributed by atoms with Crippen LogP contribution in [-0.4, -0.2) is 83.8 Å². The minimum absolute atomic E-state index is 0.145.